The predicted octanol–water partition coefficient (Wildman–Crippen LogP) is 2.58. The second kappa shape index (κ2) is 4.67. The van der Waals surface area contributed by atoms with Crippen LogP contribution in [0.3, 0.4) is 0 Å². The minimum absolute atomic E-state index is 0.576. The Hall–Kier alpha value is -1.02. The van der Waals surface area contributed by atoms with Gasteiger partial charge < -0.3 is 10.6 Å². The molecule has 82 valence electrons. The van der Waals surface area contributed by atoms with Crippen LogP contribution < -0.4 is 10.6 Å². The Labute approximate surface area is 92.1 Å². The number of hydrogen-bond acceptors (Lipinski definition) is 2. The summed E-state index contributed by atoms with van der Waals surface area (Å²) in [4.78, 5) is 0. The molecule has 1 aliphatic rings. The lowest BCUT2D eigenvalue weighted by Gasteiger charge is -2.27. The van der Waals surface area contributed by atoms with Crippen molar-refractivity contribution in [2.24, 2.45) is 0 Å². The molecule has 1 aromatic rings. The van der Waals surface area contributed by atoms with Gasteiger partial charge >= 0.3 is 0 Å². The normalized spacial score (nSPS) is 19.8. The summed E-state index contributed by atoms with van der Waals surface area (Å²) in [5.74, 6) is 0.671. The van der Waals surface area contributed by atoms with Crippen molar-refractivity contribution >= 4 is 5.69 Å². The zero-order valence-corrected chi connectivity index (χ0v) is 9.59. The molecule has 1 unspecified atom stereocenters. The topological polar surface area (TPSA) is 24.1 Å². The van der Waals surface area contributed by atoms with Crippen LogP contribution in [-0.2, 0) is 0 Å². The number of hydrogen-bond donors (Lipinski definition) is 2. The Kier molecular flexibility index (Phi) is 3.27. The van der Waals surface area contributed by atoms with Crippen molar-refractivity contribution in [2.75, 3.05) is 18.4 Å². The molecule has 1 aliphatic heterocycles. The van der Waals surface area contributed by atoms with E-state index in [2.05, 4.69) is 48.7 Å². The molecule has 0 amide bonds. The third-order valence-electron chi connectivity index (χ3n) is 2.98. The fourth-order valence-corrected chi connectivity index (χ4v) is 2.14. The van der Waals surface area contributed by atoms with Gasteiger partial charge in [-0.05, 0) is 18.1 Å². The van der Waals surface area contributed by atoms with E-state index in [1.165, 1.54) is 17.7 Å². The molecule has 2 rings (SSSR count). The standard InChI is InChI=1S/C13H20N2/c1-10(2)15-9-11-7-8-14-13-6-4-3-5-12(11)13/h3-6,10-11,14-15H,7-9H2,1-2H3. The maximum Gasteiger partial charge on any atom is 0.0376 e. The minimum Gasteiger partial charge on any atom is -0.385 e. The quantitative estimate of drug-likeness (QED) is 0.790. The Morgan fingerprint density at radius 2 is 2.20 bits per heavy atom. The molecule has 15 heavy (non-hydrogen) atoms. The SMILES string of the molecule is CC(C)NCC1CCNc2ccccc21. The summed E-state index contributed by atoms with van der Waals surface area (Å²) in [7, 11) is 0. The van der Waals surface area contributed by atoms with Crippen LogP contribution in [0.15, 0.2) is 24.3 Å². The number of anilines is 1. The van der Waals surface area contributed by atoms with Crippen molar-refractivity contribution in [1.82, 2.24) is 5.32 Å². The van der Waals surface area contributed by atoms with E-state index in [0.29, 0.717) is 12.0 Å². The zero-order chi connectivity index (χ0) is 10.7. The summed E-state index contributed by atoms with van der Waals surface area (Å²) >= 11 is 0. The molecular weight excluding hydrogens is 184 g/mol. The Bertz CT molecular complexity index is 320. The van der Waals surface area contributed by atoms with E-state index in [1.807, 2.05) is 0 Å². The summed E-state index contributed by atoms with van der Waals surface area (Å²) < 4.78 is 0. The van der Waals surface area contributed by atoms with Crippen LogP contribution in [0.4, 0.5) is 5.69 Å². The number of para-hydroxylation sites is 1. The molecule has 1 heterocycles. The average molecular weight is 204 g/mol. The fourth-order valence-electron chi connectivity index (χ4n) is 2.14. The molecule has 1 aromatic carbocycles. The van der Waals surface area contributed by atoms with E-state index in [-0.39, 0.29) is 0 Å². The second-order valence-corrected chi connectivity index (χ2v) is 4.56. The number of rotatable bonds is 3. The highest BCUT2D eigenvalue weighted by Crippen LogP contribution is 2.30. The monoisotopic (exact) mass is 204 g/mol. The first kappa shape index (κ1) is 10.5. The molecule has 0 saturated carbocycles. The van der Waals surface area contributed by atoms with Gasteiger partial charge in [0, 0.05) is 30.7 Å². The molecule has 0 aromatic heterocycles. The van der Waals surface area contributed by atoms with Crippen molar-refractivity contribution in [1.29, 1.82) is 0 Å². The third-order valence-corrected chi connectivity index (χ3v) is 2.98. The second-order valence-electron chi connectivity index (χ2n) is 4.56. The molecule has 0 fully saturated rings. The van der Waals surface area contributed by atoms with Crippen molar-refractivity contribution in [3.8, 4) is 0 Å². The molecule has 0 bridgehead atoms. The van der Waals surface area contributed by atoms with Gasteiger partial charge in [0.15, 0.2) is 0 Å². The van der Waals surface area contributed by atoms with Crippen LogP contribution in [0.1, 0.15) is 31.7 Å². The largest absolute Gasteiger partial charge is 0.385 e. The first-order chi connectivity index (χ1) is 7.27. The van der Waals surface area contributed by atoms with Crippen molar-refractivity contribution in [3.05, 3.63) is 29.8 Å². The summed E-state index contributed by atoms with van der Waals surface area (Å²) in [5.41, 5.74) is 2.79. The summed E-state index contributed by atoms with van der Waals surface area (Å²) in [5, 5.41) is 6.98. The lowest BCUT2D eigenvalue weighted by Crippen LogP contribution is -2.31. The molecule has 2 N–H and O–H groups in total. The van der Waals surface area contributed by atoms with Crippen LogP contribution in [0.25, 0.3) is 0 Å². The van der Waals surface area contributed by atoms with Gasteiger partial charge in [-0.2, -0.15) is 0 Å². The lowest BCUT2D eigenvalue weighted by molar-refractivity contribution is 0.509. The van der Waals surface area contributed by atoms with Crippen LogP contribution in [0.5, 0.6) is 0 Å². The predicted molar refractivity (Wildman–Crippen MR) is 65.4 cm³/mol. The van der Waals surface area contributed by atoms with Gasteiger partial charge in [-0.1, -0.05) is 32.0 Å². The van der Waals surface area contributed by atoms with E-state index in [4.69, 9.17) is 0 Å². The van der Waals surface area contributed by atoms with Gasteiger partial charge in [0.2, 0.25) is 0 Å². The first-order valence-electron chi connectivity index (χ1n) is 5.83. The van der Waals surface area contributed by atoms with Crippen molar-refractivity contribution in [3.63, 3.8) is 0 Å². The molecule has 0 aliphatic carbocycles. The maximum absolute atomic E-state index is 3.53. The summed E-state index contributed by atoms with van der Waals surface area (Å²) in [6, 6.07) is 9.23. The van der Waals surface area contributed by atoms with Crippen LogP contribution >= 0.6 is 0 Å². The number of nitrogens with one attached hydrogen (secondary N) is 2. The van der Waals surface area contributed by atoms with Gasteiger partial charge in [0.1, 0.15) is 0 Å². The Morgan fingerprint density at radius 3 is 3.00 bits per heavy atom. The van der Waals surface area contributed by atoms with E-state index in [9.17, 15) is 0 Å². The van der Waals surface area contributed by atoms with E-state index >= 15 is 0 Å². The zero-order valence-electron chi connectivity index (χ0n) is 9.59. The van der Waals surface area contributed by atoms with E-state index < -0.39 is 0 Å². The average Bonchev–Trinajstić information content (AvgIpc) is 2.26. The van der Waals surface area contributed by atoms with Gasteiger partial charge in [0.05, 0.1) is 0 Å². The first-order valence-corrected chi connectivity index (χ1v) is 5.83. The summed E-state index contributed by atoms with van der Waals surface area (Å²) in [6.07, 6.45) is 1.23. The fraction of sp³-hybridized carbons (Fsp3) is 0.538. The molecule has 2 nitrogen and oxygen atoms in total. The highest BCUT2D eigenvalue weighted by Gasteiger charge is 2.18. The molecule has 0 saturated heterocycles. The van der Waals surface area contributed by atoms with Gasteiger partial charge in [-0.15, -0.1) is 0 Å². The molecule has 2 heteroatoms. The Morgan fingerprint density at radius 1 is 1.40 bits per heavy atom. The minimum atomic E-state index is 0.576. The third kappa shape index (κ3) is 2.51. The maximum atomic E-state index is 3.53. The molecule has 1 atom stereocenters. The smallest absolute Gasteiger partial charge is 0.0376 e. The van der Waals surface area contributed by atoms with E-state index in [1.54, 1.807) is 0 Å². The molecular formula is C13H20N2. The molecule has 0 spiro atoms. The highest BCUT2D eigenvalue weighted by atomic mass is 14.9. The lowest BCUT2D eigenvalue weighted by atomic mass is 9.91. The Balaban J connectivity index is 2.08. The number of benzene rings is 1. The van der Waals surface area contributed by atoms with Crippen molar-refractivity contribution in [2.45, 2.75) is 32.2 Å². The van der Waals surface area contributed by atoms with Crippen LogP contribution in [-0.4, -0.2) is 19.1 Å². The van der Waals surface area contributed by atoms with Gasteiger partial charge in [-0.3, -0.25) is 0 Å². The molecule has 0 radical (unpaired) electrons. The van der Waals surface area contributed by atoms with E-state index in [0.717, 1.165) is 13.1 Å². The van der Waals surface area contributed by atoms with Crippen molar-refractivity contribution < 1.29 is 0 Å². The number of fused-ring (bicyclic) bond motifs is 1. The van der Waals surface area contributed by atoms with Gasteiger partial charge in [0.25, 0.3) is 0 Å². The summed E-state index contributed by atoms with van der Waals surface area (Å²) in [6.45, 7) is 6.60. The van der Waals surface area contributed by atoms with Crippen LogP contribution in [0.2, 0.25) is 0 Å². The highest BCUT2D eigenvalue weighted by molar-refractivity contribution is 5.54. The van der Waals surface area contributed by atoms with Gasteiger partial charge in [-0.25, -0.2) is 0 Å². The van der Waals surface area contributed by atoms with Crippen LogP contribution in [0, 0.1) is 0 Å².